The van der Waals surface area contributed by atoms with E-state index >= 15 is 0 Å². The number of allylic oxidation sites excluding steroid dienone is 3. The molecule has 0 spiro atoms. The molecule has 0 saturated carbocycles. The van der Waals surface area contributed by atoms with E-state index in [1.165, 1.54) is 0 Å². The molecule has 1 aromatic rings. The lowest BCUT2D eigenvalue weighted by Crippen LogP contribution is -2.61. The van der Waals surface area contributed by atoms with Crippen LogP contribution in [0.1, 0.15) is 36.0 Å². The van der Waals surface area contributed by atoms with Gasteiger partial charge < -0.3 is 15.4 Å². The summed E-state index contributed by atoms with van der Waals surface area (Å²) in [6.07, 6.45) is -2.26. The van der Waals surface area contributed by atoms with Gasteiger partial charge in [0.25, 0.3) is 0 Å². The van der Waals surface area contributed by atoms with E-state index in [9.17, 15) is 31.1 Å². The van der Waals surface area contributed by atoms with Gasteiger partial charge in [-0.3, -0.25) is 0 Å². The summed E-state index contributed by atoms with van der Waals surface area (Å²) in [5, 5.41) is 5.45. The third kappa shape index (κ3) is 5.16. The third-order valence-electron chi connectivity index (χ3n) is 5.08. The number of ether oxygens (including phenoxy) is 1. The van der Waals surface area contributed by atoms with Crippen LogP contribution in [0.2, 0.25) is 0 Å². The topological polar surface area (TPSA) is 50.4 Å². The molecule has 1 aromatic carbocycles. The minimum absolute atomic E-state index is 0.0717. The van der Waals surface area contributed by atoms with E-state index in [0.717, 1.165) is 12.0 Å². The maximum absolute atomic E-state index is 13.0. The monoisotopic (exact) mass is 434 g/mol. The van der Waals surface area contributed by atoms with Crippen molar-refractivity contribution in [1.82, 2.24) is 10.6 Å². The summed E-state index contributed by atoms with van der Waals surface area (Å²) < 4.78 is 83.7. The molecule has 0 radical (unpaired) electrons. The zero-order valence-corrected chi connectivity index (χ0v) is 15.8. The van der Waals surface area contributed by atoms with Gasteiger partial charge in [-0.15, -0.1) is 0 Å². The molecule has 30 heavy (non-hydrogen) atoms. The second kappa shape index (κ2) is 8.33. The van der Waals surface area contributed by atoms with Gasteiger partial charge in [-0.25, -0.2) is 4.79 Å². The Kier molecular flexibility index (Phi) is 6.16. The highest BCUT2D eigenvalue weighted by atomic mass is 19.4. The summed E-state index contributed by atoms with van der Waals surface area (Å²) >= 11 is 0. The number of hydrogen-bond donors (Lipinski definition) is 2. The molecule has 0 aromatic heterocycles. The van der Waals surface area contributed by atoms with Gasteiger partial charge in [-0.1, -0.05) is 18.2 Å². The lowest BCUT2D eigenvalue weighted by atomic mass is 9.81. The van der Waals surface area contributed by atoms with Crippen LogP contribution in [-0.2, 0) is 23.7 Å². The van der Waals surface area contributed by atoms with Crippen LogP contribution in [-0.4, -0.2) is 24.7 Å². The van der Waals surface area contributed by atoms with E-state index < -0.39 is 41.7 Å². The van der Waals surface area contributed by atoms with Crippen molar-refractivity contribution in [2.75, 3.05) is 13.2 Å². The van der Waals surface area contributed by atoms with Crippen LogP contribution in [0.4, 0.5) is 31.1 Å². The minimum atomic E-state index is -4.92. The van der Waals surface area contributed by atoms with Crippen LogP contribution in [0.25, 0.3) is 0 Å². The summed E-state index contributed by atoms with van der Waals surface area (Å²) in [5.41, 5.74) is -2.98. The number of nitrogens with one attached hydrogen (secondary N) is 2. The number of alkyl halides is 6. The molecule has 0 bridgehead atoms. The Balaban J connectivity index is 1.80. The largest absolute Gasteiger partial charge is 0.416 e. The fourth-order valence-corrected chi connectivity index (χ4v) is 3.60. The van der Waals surface area contributed by atoms with Crippen molar-refractivity contribution in [2.45, 2.75) is 43.8 Å². The first-order chi connectivity index (χ1) is 14.0. The van der Waals surface area contributed by atoms with Crippen molar-refractivity contribution in [2.24, 2.45) is 0 Å². The first kappa shape index (κ1) is 22.2. The molecule has 2 amide bonds. The third-order valence-corrected chi connectivity index (χ3v) is 5.08. The smallest absolute Gasteiger partial charge is 0.374 e. The Hall–Kier alpha value is -2.49. The molecular formula is C20H20F6N2O2. The van der Waals surface area contributed by atoms with Crippen molar-refractivity contribution in [1.29, 1.82) is 0 Å². The molecule has 1 unspecified atom stereocenters. The molecule has 164 valence electrons. The van der Waals surface area contributed by atoms with Crippen molar-refractivity contribution in [3.63, 3.8) is 0 Å². The van der Waals surface area contributed by atoms with E-state index in [1.807, 2.05) is 18.2 Å². The van der Waals surface area contributed by atoms with Crippen LogP contribution in [0.5, 0.6) is 0 Å². The second-order valence-corrected chi connectivity index (χ2v) is 7.28. The van der Waals surface area contributed by atoms with E-state index in [-0.39, 0.29) is 18.2 Å². The fourth-order valence-electron chi connectivity index (χ4n) is 3.60. The molecule has 1 aliphatic carbocycles. The summed E-state index contributed by atoms with van der Waals surface area (Å²) in [7, 11) is 0. The average molecular weight is 434 g/mol. The van der Waals surface area contributed by atoms with Crippen LogP contribution in [0.3, 0.4) is 0 Å². The number of carbonyl (C=O) groups excluding carboxylic acids is 1. The molecule has 1 aliphatic heterocycles. The zero-order valence-electron chi connectivity index (χ0n) is 15.8. The normalized spacial score (nSPS) is 22.3. The maximum atomic E-state index is 13.0. The molecule has 4 nitrogen and oxygen atoms in total. The zero-order chi connectivity index (χ0) is 22.0. The highest BCUT2D eigenvalue weighted by Crippen LogP contribution is 2.37. The summed E-state index contributed by atoms with van der Waals surface area (Å²) in [4.78, 5) is 11.9. The number of urea groups is 1. The molecule has 2 N–H and O–H groups in total. The van der Waals surface area contributed by atoms with E-state index in [4.69, 9.17) is 4.74 Å². The van der Waals surface area contributed by atoms with Crippen molar-refractivity contribution in [3.8, 4) is 0 Å². The Morgan fingerprint density at radius 1 is 1.03 bits per heavy atom. The fraction of sp³-hybridized carbons (Fsp3) is 0.450. The minimum Gasteiger partial charge on any atom is -0.374 e. The van der Waals surface area contributed by atoms with Gasteiger partial charge in [0.2, 0.25) is 0 Å². The summed E-state index contributed by atoms with van der Waals surface area (Å²) in [6.45, 7) is -0.156. The van der Waals surface area contributed by atoms with Gasteiger partial charge in [-0.2, -0.15) is 26.3 Å². The van der Waals surface area contributed by atoms with Gasteiger partial charge in [0.15, 0.2) is 0 Å². The Labute approximate surface area is 169 Å². The number of amides is 2. The maximum Gasteiger partial charge on any atom is 0.416 e. The van der Waals surface area contributed by atoms with Crippen LogP contribution < -0.4 is 10.6 Å². The van der Waals surface area contributed by atoms with E-state index in [0.29, 0.717) is 31.5 Å². The second-order valence-electron chi connectivity index (χ2n) is 7.28. The number of rotatable bonds is 5. The predicted molar refractivity (Wildman–Crippen MR) is 96.4 cm³/mol. The van der Waals surface area contributed by atoms with Crippen molar-refractivity contribution < 1.29 is 35.9 Å². The molecular weight excluding hydrogens is 414 g/mol. The van der Waals surface area contributed by atoms with E-state index in [1.54, 1.807) is 0 Å². The summed E-state index contributed by atoms with van der Waals surface area (Å²) in [5.74, 6) is 0. The molecule has 3 rings (SSSR count). The predicted octanol–water partition coefficient (Wildman–Crippen LogP) is 4.96. The Morgan fingerprint density at radius 2 is 1.70 bits per heavy atom. The van der Waals surface area contributed by atoms with Crippen LogP contribution >= 0.6 is 0 Å². The van der Waals surface area contributed by atoms with Gasteiger partial charge >= 0.3 is 18.4 Å². The first-order valence-corrected chi connectivity index (χ1v) is 9.28. The molecule has 1 saturated heterocycles. The molecule has 1 fully saturated rings. The van der Waals surface area contributed by atoms with Gasteiger partial charge in [0.05, 0.1) is 29.9 Å². The van der Waals surface area contributed by atoms with Gasteiger partial charge in [-0.05, 0) is 48.6 Å². The number of carbonyl (C=O) groups is 1. The summed E-state index contributed by atoms with van der Waals surface area (Å²) in [6, 6.07) is 0.965. The van der Waals surface area contributed by atoms with Crippen LogP contribution in [0.15, 0.2) is 42.0 Å². The highest BCUT2D eigenvalue weighted by molar-refractivity contribution is 5.76. The quantitative estimate of drug-likeness (QED) is 0.644. The molecule has 1 heterocycles. The first-order valence-electron chi connectivity index (χ1n) is 9.28. The van der Waals surface area contributed by atoms with Crippen molar-refractivity contribution >= 4 is 6.03 Å². The van der Waals surface area contributed by atoms with Gasteiger partial charge in [0.1, 0.15) is 0 Å². The lowest BCUT2D eigenvalue weighted by Gasteiger charge is -2.40. The molecule has 10 heteroatoms. The molecule has 2 aliphatic rings. The lowest BCUT2D eigenvalue weighted by molar-refractivity contribution is -0.143. The highest BCUT2D eigenvalue weighted by Gasteiger charge is 2.39. The number of hydrogen-bond acceptors (Lipinski definition) is 2. The van der Waals surface area contributed by atoms with Crippen LogP contribution in [0, 0.1) is 0 Å². The van der Waals surface area contributed by atoms with E-state index in [2.05, 4.69) is 10.6 Å². The molecule has 1 atom stereocenters. The Morgan fingerprint density at radius 3 is 2.23 bits per heavy atom. The Bertz CT molecular complexity index is 828. The SMILES string of the molecule is O=C1NCCC(COCc2cc(C(F)(F)F)cc(C(F)(F)F)c2)(C2=CC=CCC2)N1. The average Bonchev–Trinajstić information content (AvgIpc) is 2.67. The number of halogens is 6. The number of benzene rings is 1. The van der Waals surface area contributed by atoms with Crippen molar-refractivity contribution in [3.05, 3.63) is 58.7 Å². The standard InChI is InChI=1S/C20H20F6N2O2/c21-19(22,23)15-8-13(9-16(10-15)20(24,25)26)11-30-12-18(6-7-27-17(29)28-18)14-4-2-1-3-5-14/h1-2,4,8-10H,3,5-7,11-12H2,(H2,27,28,29). The van der Waals surface area contributed by atoms with Gasteiger partial charge in [0, 0.05) is 6.54 Å².